The monoisotopic (exact) mass is 275 g/mol. The molecule has 0 spiro atoms. The molecule has 0 bridgehead atoms. The summed E-state index contributed by atoms with van der Waals surface area (Å²) in [5, 5.41) is 8.11. The first-order valence-corrected chi connectivity index (χ1v) is 7.25. The average molecular weight is 275 g/mol. The molecule has 0 saturated carbocycles. The fraction of sp³-hybridized carbons (Fsp3) is 0.571. The minimum atomic E-state index is 0.703. The molecule has 0 amide bonds. The summed E-state index contributed by atoms with van der Waals surface area (Å²) in [6, 6.07) is 2.14. The van der Waals surface area contributed by atoms with Gasteiger partial charge in [-0.25, -0.2) is 4.98 Å². The highest BCUT2D eigenvalue weighted by Crippen LogP contribution is 2.19. The fourth-order valence-electron chi connectivity index (χ4n) is 2.50. The SMILES string of the molecule is CCOCCn1ccnc1-c1cc2n(n1)CCCNC2. The largest absolute Gasteiger partial charge is 0.380 e. The van der Waals surface area contributed by atoms with Gasteiger partial charge in [0.1, 0.15) is 5.69 Å². The smallest absolute Gasteiger partial charge is 0.160 e. The van der Waals surface area contributed by atoms with Gasteiger partial charge in [-0.3, -0.25) is 4.68 Å². The van der Waals surface area contributed by atoms with E-state index in [0.717, 1.165) is 50.7 Å². The lowest BCUT2D eigenvalue weighted by Crippen LogP contribution is -2.11. The fourth-order valence-corrected chi connectivity index (χ4v) is 2.50. The molecule has 20 heavy (non-hydrogen) atoms. The Balaban J connectivity index is 1.81. The zero-order valence-electron chi connectivity index (χ0n) is 11.9. The number of nitrogens with one attached hydrogen (secondary N) is 1. The van der Waals surface area contributed by atoms with Gasteiger partial charge in [0.25, 0.3) is 0 Å². The van der Waals surface area contributed by atoms with Gasteiger partial charge in [0.15, 0.2) is 5.82 Å². The van der Waals surface area contributed by atoms with E-state index >= 15 is 0 Å². The van der Waals surface area contributed by atoms with Crippen molar-refractivity contribution in [2.75, 3.05) is 19.8 Å². The van der Waals surface area contributed by atoms with E-state index in [4.69, 9.17) is 9.84 Å². The molecule has 1 aliphatic rings. The van der Waals surface area contributed by atoms with Crippen LogP contribution in [0.1, 0.15) is 19.0 Å². The first-order chi connectivity index (χ1) is 9.88. The van der Waals surface area contributed by atoms with Crippen LogP contribution in [0.5, 0.6) is 0 Å². The first-order valence-electron chi connectivity index (χ1n) is 7.25. The first kappa shape index (κ1) is 13.3. The van der Waals surface area contributed by atoms with Crippen molar-refractivity contribution in [1.29, 1.82) is 0 Å². The van der Waals surface area contributed by atoms with Crippen LogP contribution in [-0.4, -0.2) is 39.1 Å². The summed E-state index contributed by atoms with van der Waals surface area (Å²) in [6.45, 7) is 7.18. The van der Waals surface area contributed by atoms with Crippen LogP contribution in [0.2, 0.25) is 0 Å². The molecule has 108 valence electrons. The molecular weight excluding hydrogens is 254 g/mol. The highest BCUT2D eigenvalue weighted by molar-refractivity contribution is 5.50. The van der Waals surface area contributed by atoms with Gasteiger partial charge in [0, 0.05) is 38.6 Å². The van der Waals surface area contributed by atoms with Gasteiger partial charge >= 0.3 is 0 Å². The minimum Gasteiger partial charge on any atom is -0.380 e. The Morgan fingerprint density at radius 1 is 1.45 bits per heavy atom. The molecule has 2 aromatic heterocycles. The highest BCUT2D eigenvalue weighted by atomic mass is 16.5. The zero-order chi connectivity index (χ0) is 13.8. The number of hydrogen-bond acceptors (Lipinski definition) is 4. The average Bonchev–Trinajstić information content (AvgIpc) is 3.01. The quantitative estimate of drug-likeness (QED) is 0.835. The van der Waals surface area contributed by atoms with E-state index in [0.29, 0.717) is 6.61 Å². The number of aryl methyl sites for hydroxylation is 1. The van der Waals surface area contributed by atoms with Gasteiger partial charge in [-0.1, -0.05) is 0 Å². The third-order valence-electron chi connectivity index (χ3n) is 3.52. The van der Waals surface area contributed by atoms with Crippen LogP contribution < -0.4 is 5.32 Å². The van der Waals surface area contributed by atoms with Crippen LogP contribution in [0, 0.1) is 0 Å². The molecule has 0 radical (unpaired) electrons. The predicted molar refractivity (Wildman–Crippen MR) is 76.3 cm³/mol. The molecule has 2 aromatic rings. The second-order valence-electron chi connectivity index (χ2n) is 4.92. The number of hydrogen-bond donors (Lipinski definition) is 1. The molecular formula is C14H21N5O. The lowest BCUT2D eigenvalue weighted by molar-refractivity contribution is 0.139. The Hall–Kier alpha value is -1.66. The Labute approximate surface area is 118 Å². The predicted octanol–water partition coefficient (Wildman–Crippen LogP) is 1.28. The van der Waals surface area contributed by atoms with Crippen LogP contribution in [0.25, 0.3) is 11.5 Å². The Bertz CT molecular complexity index is 536. The van der Waals surface area contributed by atoms with Crippen LogP contribution in [0.3, 0.4) is 0 Å². The molecule has 0 fully saturated rings. The summed E-state index contributed by atoms with van der Waals surface area (Å²) in [7, 11) is 0. The molecule has 0 aliphatic carbocycles. The summed E-state index contributed by atoms with van der Waals surface area (Å²) >= 11 is 0. The van der Waals surface area contributed by atoms with Gasteiger partial charge in [-0.05, 0) is 26.0 Å². The maximum Gasteiger partial charge on any atom is 0.160 e. The van der Waals surface area contributed by atoms with E-state index in [1.807, 2.05) is 19.3 Å². The third kappa shape index (κ3) is 2.76. The van der Waals surface area contributed by atoms with Crippen molar-refractivity contribution in [1.82, 2.24) is 24.6 Å². The maximum absolute atomic E-state index is 5.41. The summed E-state index contributed by atoms with van der Waals surface area (Å²) in [5.41, 5.74) is 2.18. The van der Waals surface area contributed by atoms with Crippen molar-refractivity contribution < 1.29 is 4.74 Å². The topological polar surface area (TPSA) is 56.9 Å². The van der Waals surface area contributed by atoms with Crippen molar-refractivity contribution >= 4 is 0 Å². The van der Waals surface area contributed by atoms with Gasteiger partial charge in [0.2, 0.25) is 0 Å². The summed E-state index contributed by atoms with van der Waals surface area (Å²) in [6.07, 6.45) is 4.92. The molecule has 1 aliphatic heterocycles. The molecule has 6 heteroatoms. The van der Waals surface area contributed by atoms with Crippen molar-refractivity contribution in [3.8, 4) is 11.5 Å². The van der Waals surface area contributed by atoms with E-state index in [-0.39, 0.29) is 0 Å². The maximum atomic E-state index is 5.41. The summed E-state index contributed by atoms with van der Waals surface area (Å²) in [5.74, 6) is 0.922. The number of rotatable bonds is 5. The highest BCUT2D eigenvalue weighted by Gasteiger charge is 2.15. The normalized spacial score (nSPS) is 15.1. The number of aromatic nitrogens is 4. The molecule has 0 saturated heterocycles. The minimum absolute atomic E-state index is 0.703. The molecule has 3 rings (SSSR count). The van der Waals surface area contributed by atoms with Crippen LogP contribution >= 0.6 is 0 Å². The van der Waals surface area contributed by atoms with E-state index in [2.05, 4.69) is 25.6 Å². The van der Waals surface area contributed by atoms with Crippen LogP contribution in [0.15, 0.2) is 18.5 Å². The van der Waals surface area contributed by atoms with E-state index in [1.165, 1.54) is 5.69 Å². The number of imidazole rings is 1. The van der Waals surface area contributed by atoms with Crippen molar-refractivity contribution in [3.05, 3.63) is 24.2 Å². The van der Waals surface area contributed by atoms with Gasteiger partial charge in [0.05, 0.1) is 12.3 Å². The van der Waals surface area contributed by atoms with Crippen molar-refractivity contribution in [2.24, 2.45) is 0 Å². The summed E-state index contributed by atoms with van der Waals surface area (Å²) < 4.78 is 9.61. The van der Waals surface area contributed by atoms with E-state index in [9.17, 15) is 0 Å². The zero-order valence-corrected chi connectivity index (χ0v) is 11.9. The molecule has 3 heterocycles. The summed E-state index contributed by atoms with van der Waals surface area (Å²) in [4.78, 5) is 4.44. The Morgan fingerprint density at radius 3 is 3.30 bits per heavy atom. The number of fused-ring (bicyclic) bond motifs is 1. The molecule has 6 nitrogen and oxygen atoms in total. The van der Waals surface area contributed by atoms with Crippen LogP contribution in [0.4, 0.5) is 0 Å². The molecule has 0 atom stereocenters. The lowest BCUT2D eigenvalue weighted by Gasteiger charge is -2.06. The van der Waals surface area contributed by atoms with Gasteiger partial charge < -0.3 is 14.6 Å². The number of ether oxygens (including phenoxy) is 1. The van der Waals surface area contributed by atoms with Crippen molar-refractivity contribution in [3.63, 3.8) is 0 Å². The second kappa shape index (κ2) is 6.19. The van der Waals surface area contributed by atoms with E-state index < -0.39 is 0 Å². The third-order valence-corrected chi connectivity index (χ3v) is 3.52. The van der Waals surface area contributed by atoms with Crippen LogP contribution in [-0.2, 0) is 24.4 Å². The van der Waals surface area contributed by atoms with Crippen molar-refractivity contribution in [2.45, 2.75) is 33.0 Å². The Kier molecular flexibility index (Phi) is 4.13. The lowest BCUT2D eigenvalue weighted by atomic mass is 10.3. The standard InChI is InChI=1S/C14H21N5O/c1-2-20-9-8-18-7-5-16-14(18)13-10-12-11-15-4-3-6-19(12)17-13/h5,7,10,15H,2-4,6,8-9,11H2,1H3. The van der Waals surface area contributed by atoms with Gasteiger partial charge in [-0.15, -0.1) is 0 Å². The number of nitrogens with zero attached hydrogens (tertiary/aromatic N) is 4. The molecule has 0 unspecified atom stereocenters. The Morgan fingerprint density at radius 2 is 2.40 bits per heavy atom. The van der Waals surface area contributed by atoms with Gasteiger partial charge in [-0.2, -0.15) is 5.10 Å². The van der Waals surface area contributed by atoms with E-state index in [1.54, 1.807) is 0 Å². The molecule has 0 aromatic carbocycles. The second-order valence-corrected chi connectivity index (χ2v) is 4.92. The molecule has 1 N–H and O–H groups in total.